The number of sulfonamides is 1. The predicted molar refractivity (Wildman–Crippen MR) is 95.9 cm³/mol. The summed E-state index contributed by atoms with van der Waals surface area (Å²) in [6.45, 7) is -0.0424. The first-order valence-electron chi connectivity index (χ1n) is 8.36. The number of nitrogens with one attached hydrogen (secondary N) is 1. The Morgan fingerprint density at radius 2 is 1.81 bits per heavy atom. The van der Waals surface area contributed by atoms with E-state index in [4.69, 9.17) is 4.74 Å². The van der Waals surface area contributed by atoms with Crippen molar-refractivity contribution in [3.63, 3.8) is 0 Å². The molecule has 0 spiro atoms. The number of hydrogen-bond acceptors (Lipinski definition) is 5. The predicted octanol–water partition coefficient (Wildman–Crippen LogP) is 0.0591. The lowest BCUT2D eigenvalue weighted by atomic mass is 10.2. The highest BCUT2D eigenvalue weighted by atomic mass is 32.2. The summed E-state index contributed by atoms with van der Waals surface area (Å²) >= 11 is 0. The van der Waals surface area contributed by atoms with Crippen LogP contribution in [0.15, 0.2) is 35.2 Å². The first-order chi connectivity index (χ1) is 12.2. The summed E-state index contributed by atoms with van der Waals surface area (Å²) in [5, 5.41) is 2.67. The van der Waals surface area contributed by atoms with Gasteiger partial charge in [-0.05, 0) is 25.0 Å². The van der Waals surface area contributed by atoms with E-state index in [1.165, 1.54) is 24.1 Å². The lowest BCUT2D eigenvalue weighted by Gasteiger charge is -2.19. The number of rotatable bonds is 7. The SMILES string of the molecule is CN(C)C(=O)[C@H]1CC[C@@H](CNC(=O)CN(C)S(=O)(=O)c2ccccc2)O1. The summed E-state index contributed by atoms with van der Waals surface area (Å²) in [4.78, 5) is 25.5. The summed E-state index contributed by atoms with van der Waals surface area (Å²) in [6, 6.07) is 7.95. The van der Waals surface area contributed by atoms with Gasteiger partial charge in [0.1, 0.15) is 6.10 Å². The molecule has 1 fully saturated rings. The lowest BCUT2D eigenvalue weighted by molar-refractivity contribution is -0.140. The maximum absolute atomic E-state index is 12.4. The molecule has 2 amide bonds. The van der Waals surface area contributed by atoms with Crippen LogP contribution in [-0.4, -0.2) is 75.9 Å². The highest BCUT2D eigenvalue weighted by Gasteiger charge is 2.32. The third-order valence-corrected chi connectivity index (χ3v) is 5.99. The second-order valence-corrected chi connectivity index (χ2v) is 8.48. The average Bonchev–Trinajstić information content (AvgIpc) is 3.08. The zero-order valence-electron chi connectivity index (χ0n) is 15.2. The van der Waals surface area contributed by atoms with Gasteiger partial charge in [-0.2, -0.15) is 4.31 Å². The zero-order chi connectivity index (χ0) is 19.3. The smallest absolute Gasteiger partial charge is 0.251 e. The van der Waals surface area contributed by atoms with Crippen molar-refractivity contribution in [2.75, 3.05) is 34.2 Å². The molecular formula is C17H25N3O5S. The highest BCUT2D eigenvalue weighted by molar-refractivity contribution is 7.89. The molecular weight excluding hydrogens is 358 g/mol. The fourth-order valence-electron chi connectivity index (χ4n) is 2.67. The van der Waals surface area contributed by atoms with Crippen LogP contribution in [0.3, 0.4) is 0 Å². The molecule has 0 unspecified atom stereocenters. The van der Waals surface area contributed by atoms with Gasteiger partial charge in [-0.25, -0.2) is 8.42 Å². The van der Waals surface area contributed by atoms with Crippen LogP contribution >= 0.6 is 0 Å². The topological polar surface area (TPSA) is 96.0 Å². The highest BCUT2D eigenvalue weighted by Crippen LogP contribution is 2.20. The monoisotopic (exact) mass is 383 g/mol. The molecule has 1 aliphatic heterocycles. The van der Waals surface area contributed by atoms with E-state index in [1.807, 2.05) is 0 Å². The number of ether oxygens (including phenoxy) is 1. The van der Waals surface area contributed by atoms with Crippen molar-refractivity contribution in [2.45, 2.75) is 29.9 Å². The van der Waals surface area contributed by atoms with Crippen molar-refractivity contribution < 1.29 is 22.7 Å². The molecule has 0 saturated carbocycles. The van der Waals surface area contributed by atoms with Crippen LogP contribution < -0.4 is 5.32 Å². The zero-order valence-corrected chi connectivity index (χ0v) is 16.0. The summed E-state index contributed by atoms with van der Waals surface area (Å²) in [5.74, 6) is -0.509. The largest absolute Gasteiger partial charge is 0.363 e. The van der Waals surface area contributed by atoms with Crippen LogP contribution in [0.1, 0.15) is 12.8 Å². The first kappa shape index (κ1) is 20.3. The summed E-state index contributed by atoms with van der Waals surface area (Å²) < 4.78 is 31.4. The van der Waals surface area contributed by atoms with Crippen LogP contribution in [0.25, 0.3) is 0 Å². The Hall–Kier alpha value is -1.97. The Morgan fingerprint density at radius 3 is 2.42 bits per heavy atom. The molecule has 1 aromatic rings. The average molecular weight is 383 g/mol. The van der Waals surface area contributed by atoms with Gasteiger partial charge < -0.3 is 15.0 Å². The number of hydrogen-bond donors (Lipinski definition) is 1. The number of carbonyl (C=O) groups excluding carboxylic acids is 2. The number of nitrogens with zero attached hydrogens (tertiary/aromatic N) is 2. The Labute approximate surface area is 154 Å². The molecule has 0 radical (unpaired) electrons. The van der Waals surface area contributed by atoms with Gasteiger partial charge in [-0.15, -0.1) is 0 Å². The third-order valence-electron chi connectivity index (χ3n) is 4.17. The number of benzene rings is 1. The minimum atomic E-state index is -3.71. The van der Waals surface area contributed by atoms with Crippen molar-refractivity contribution in [2.24, 2.45) is 0 Å². The lowest BCUT2D eigenvalue weighted by Crippen LogP contribution is -2.41. The maximum atomic E-state index is 12.4. The van der Waals surface area contributed by atoms with E-state index in [1.54, 1.807) is 32.3 Å². The molecule has 1 N–H and O–H groups in total. The van der Waals surface area contributed by atoms with E-state index in [0.29, 0.717) is 12.8 Å². The maximum Gasteiger partial charge on any atom is 0.251 e. The van der Waals surface area contributed by atoms with Crippen molar-refractivity contribution in [1.29, 1.82) is 0 Å². The molecule has 0 bridgehead atoms. The number of amides is 2. The van der Waals surface area contributed by atoms with Gasteiger partial charge in [0.05, 0.1) is 17.5 Å². The minimum Gasteiger partial charge on any atom is -0.363 e. The fraction of sp³-hybridized carbons (Fsp3) is 0.529. The van der Waals surface area contributed by atoms with Crippen LogP contribution in [0.4, 0.5) is 0 Å². The quantitative estimate of drug-likeness (QED) is 0.718. The van der Waals surface area contributed by atoms with Crippen LogP contribution in [-0.2, 0) is 24.3 Å². The van der Waals surface area contributed by atoms with E-state index in [0.717, 1.165) is 4.31 Å². The van der Waals surface area contributed by atoms with Gasteiger partial charge in [-0.1, -0.05) is 18.2 Å². The summed E-state index contributed by atoms with van der Waals surface area (Å²) in [7, 11) is 0.992. The van der Waals surface area contributed by atoms with Crippen LogP contribution in [0, 0.1) is 0 Å². The van der Waals surface area contributed by atoms with E-state index >= 15 is 0 Å². The van der Waals surface area contributed by atoms with Gasteiger partial charge in [0, 0.05) is 27.7 Å². The van der Waals surface area contributed by atoms with Crippen LogP contribution in [0.5, 0.6) is 0 Å². The van der Waals surface area contributed by atoms with E-state index in [9.17, 15) is 18.0 Å². The molecule has 0 aliphatic carbocycles. The minimum absolute atomic E-state index is 0.0903. The normalized spacial score (nSPS) is 20.2. The van der Waals surface area contributed by atoms with E-state index in [2.05, 4.69) is 5.32 Å². The molecule has 9 heteroatoms. The molecule has 144 valence electrons. The fourth-order valence-corrected chi connectivity index (χ4v) is 3.82. The van der Waals surface area contributed by atoms with Crippen molar-refractivity contribution in [1.82, 2.24) is 14.5 Å². The Kier molecular flexibility index (Phi) is 6.74. The van der Waals surface area contributed by atoms with Gasteiger partial charge >= 0.3 is 0 Å². The van der Waals surface area contributed by atoms with Crippen molar-refractivity contribution in [3.8, 4) is 0 Å². The Balaban J connectivity index is 1.81. The second kappa shape index (κ2) is 8.61. The molecule has 1 saturated heterocycles. The number of likely N-dealkylation sites (N-methyl/N-ethyl adjacent to an activating group) is 2. The Bertz CT molecular complexity index is 736. The molecule has 0 aromatic heterocycles. The Morgan fingerprint density at radius 1 is 1.15 bits per heavy atom. The molecule has 26 heavy (non-hydrogen) atoms. The van der Waals surface area contributed by atoms with Crippen molar-refractivity contribution in [3.05, 3.63) is 30.3 Å². The van der Waals surface area contributed by atoms with Gasteiger partial charge in [0.25, 0.3) is 5.91 Å². The van der Waals surface area contributed by atoms with Crippen molar-refractivity contribution >= 4 is 21.8 Å². The van der Waals surface area contributed by atoms with Crippen LogP contribution in [0.2, 0.25) is 0 Å². The third kappa shape index (κ3) is 5.03. The summed E-state index contributed by atoms with van der Waals surface area (Å²) in [6.07, 6.45) is 0.555. The van der Waals surface area contributed by atoms with Gasteiger partial charge in [-0.3, -0.25) is 9.59 Å². The first-order valence-corrected chi connectivity index (χ1v) is 9.80. The van der Waals surface area contributed by atoms with Gasteiger partial charge in [0.15, 0.2) is 0 Å². The number of carbonyl (C=O) groups is 2. The molecule has 8 nitrogen and oxygen atoms in total. The summed E-state index contributed by atoms with van der Waals surface area (Å²) in [5.41, 5.74) is 0. The molecule has 2 rings (SSSR count). The van der Waals surface area contributed by atoms with E-state index in [-0.39, 0.29) is 30.0 Å². The van der Waals surface area contributed by atoms with E-state index < -0.39 is 22.0 Å². The molecule has 1 aliphatic rings. The van der Waals surface area contributed by atoms with Gasteiger partial charge in [0.2, 0.25) is 15.9 Å². The second-order valence-electron chi connectivity index (χ2n) is 6.43. The molecule has 1 heterocycles. The molecule has 2 atom stereocenters. The molecule has 1 aromatic carbocycles. The standard InChI is InChI=1S/C17H25N3O5S/c1-19(2)17(22)15-10-9-13(25-15)11-18-16(21)12-20(3)26(23,24)14-7-5-4-6-8-14/h4-8,13,15H,9-12H2,1-3H3,(H,18,21)/t13-,15+/m0/s1.